The minimum absolute atomic E-state index is 0.0672. The van der Waals surface area contributed by atoms with Crippen molar-refractivity contribution in [3.63, 3.8) is 0 Å². The van der Waals surface area contributed by atoms with Crippen molar-refractivity contribution in [2.24, 2.45) is 11.3 Å². The van der Waals surface area contributed by atoms with Gasteiger partial charge in [-0.1, -0.05) is 43.0 Å². The number of allylic oxidation sites excluding steroid dienone is 1. The molecule has 2 fully saturated rings. The van der Waals surface area contributed by atoms with E-state index in [9.17, 15) is 9.90 Å². The van der Waals surface area contributed by atoms with E-state index in [4.69, 9.17) is 4.74 Å². The second kappa shape index (κ2) is 9.26. The Morgan fingerprint density at radius 3 is 2.63 bits per heavy atom. The molecular weight excluding hydrogens is 470 g/mol. The minimum Gasteiger partial charge on any atom is -0.378 e. The number of hydrogen-bond donors (Lipinski definition) is 1. The predicted octanol–water partition coefficient (Wildman–Crippen LogP) is 5.73. The molecule has 0 aromatic heterocycles. The van der Waals surface area contributed by atoms with Gasteiger partial charge < -0.3 is 14.7 Å². The second-order valence-electron chi connectivity index (χ2n) is 12.1. The summed E-state index contributed by atoms with van der Waals surface area (Å²) < 4.78 is 6.62. The van der Waals surface area contributed by atoms with E-state index in [2.05, 4.69) is 81.1 Å². The monoisotopic (exact) mass is 507 g/mol. The number of anilines is 1. The third-order valence-corrected chi connectivity index (χ3v) is 9.61. The highest BCUT2D eigenvalue weighted by Gasteiger charge is 2.63. The summed E-state index contributed by atoms with van der Waals surface area (Å²) in [7, 11) is 4.11. The molecule has 2 aromatic carbocycles. The highest BCUT2D eigenvalue weighted by Crippen LogP contribution is 2.64. The topological polar surface area (TPSA) is 49.8 Å². The lowest BCUT2D eigenvalue weighted by molar-refractivity contribution is -0.115. The van der Waals surface area contributed by atoms with Crippen molar-refractivity contribution >= 4 is 11.5 Å². The molecule has 0 unspecified atom stereocenters. The number of fused-ring (bicyclic) bond motifs is 4. The molecule has 0 radical (unpaired) electrons. The van der Waals surface area contributed by atoms with E-state index in [1.54, 1.807) is 6.08 Å². The molecular formula is C34H37NO3. The fourth-order valence-corrected chi connectivity index (χ4v) is 7.42. The first-order valence-corrected chi connectivity index (χ1v) is 13.9. The third kappa shape index (κ3) is 4.04. The van der Waals surface area contributed by atoms with Gasteiger partial charge in [-0.05, 0) is 96.7 Å². The van der Waals surface area contributed by atoms with E-state index in [0.717, 1.165) is 36.1 Å². The molecule has 0 bridgehead atoms. The Hall–Kier alpha value is -3.13. The van der Waals surface area contributed by atoms with Gasteiger partial charge in [-0.25, -0.2) is 0 Å². The van der Waals surface area contributed by atoms with Gasteiger partial charge in [0.05, 0.1) is 12.7 Å². The Bertz CT molecular complexity index is 1410. The molecule has 2 saturated carbocycles. The van der Waals surface area contributed by atoms with E-state index >= 15 is 0 Å². The van der Waals surface area contributed by atoms with Gasteiger partial charge in [0.15, 0.2) is 5.78 Å². The maximum absolute atomic E-state index is 12.3. The molecule has 3 aliphatic carbocycles. The minimum atomic E-state index is -1.10. The first-order valence-electron chi connectivity index (χ1n) is 13.9. The molecule has 1 N–H and O–H groups in total. The highest BCUT2D eigenvalue weighted by molar-refractivity contribution is 5.93. The van der Waals surface area contributed by atoms with Crippen LogP contribution in [0.1, 0.15) is 61.6 Å². The predicted molar refractivity (Wildman–Crippen MR) is 151 cm³/mol. The maximum atomic E-state index is 12.3. The standard InChI is InChI=1S/C34H37NO3/c1-22-6-5-7-23(18-22)14-16-34(37)17-15-30-32-31(28-13-12-27(36)19-25(28)21-38-32)29(20-33(30,34)2)24-8-10-26(11-9-24)35(3)4/h5-11,18-19,29-30,32,37H,12-13,15,17,20-21H2,1-4H3/t29-,30+,32+,33+,34+/m1/s1. The van der Waals surface area contributed by atoms with E-state index < -0.39 is 11.0 Å². The fraction of sp³-hybridized carbons (Fsp3) is 0.441. The van der Waals surface area contributed by atoms with Crippen LogP contribution < -0.4 is 4.90 Å². The van der Waals surface area contributed by atoms with Crippen molar-refractivity contribution in [3.05, 3.63) is 88.0 Å². The van der Waals surface area contributed by atoms with Crippen LogP contribution >= 0.6 is 0 Å². The quantitative estimate of drug-likeness (QED) is 0.528. The number of carbonyl (C=O) groups excluding carboxylic acids is 1. The first-order chi connectivity index (χ1) is 18.2. The van der Waals surface area contributed by atoms with Crippen LogP contribution in [0.2, 0.25) is 0 Å². The van der Waals surface area contributed by atoms with Crippen LogP contribution in [0.5, 0.6) is 0 Å². The van der Waals surface area contributed by atoms with Crippen LogP contribution in [-0.2, 0) is 9.53 Å². The molecule has 1 aliphatic heterocycles. The number of aryl methyl sites for hydroxylation is 1. The summed E-state index contributed by atoms with van der Waals surface area (Å²) in [5, 5.41) is 12.2. The smallest absolute Gasteiger partial charge is 0.156 e. The normalized spacial score (nSPS) is 32.0. The number of ether oxygens (including phenoxy) is 1. The second-order valence-corrected chi connectivity index (χ2v) is 12.1. The van der Waals surface area contributed by atoms with Gasteiger partial charge in [-0.2, -0.15) is 0 Å². The van der Waals surface area contributed by atoms with Crippen LogP contribution in [0.4, 0.5) is 5.69 Å². The van der Waals surface area contributed by atoms with Gasteiger partial charge in [0.1, 0.15) is 5.60 Å². The van der Waals surface area contributed by atoms with Gasteiger partial charge in [-0.15, -0.1) is 0 Å². The largest absolute Gasteiger partial charge is 0.378 e. The van der Waals surface area contributed by atoms with E-state index in [1.807, 2.05) is 12.1 Å². The molecule has 0 saturated heterocycles. The Morgan fingerprint density at radius 2 is 1.89 bits per heavy atom. The zero-order chi connectivity index (χ0) is 26.7. The zero-order valence-electron chi connectivity index (χ0n) is 22.9. The van der Waals surface area contributed by atoms with Crippen molar-refractivity contribution in [2.45, 2.75) is 63.6 Å². The fourth-order valence-electron chi connectivity index (χ4n) is 7.42. The van der Waals surface area contributed by atoms with Crippen LogP contribution in [0, 0.1) is 30.1 Å². The Balaban J connectivity index is 1.46. The van der Waals surface area contributed by atoms with E-state index in [1.165, 1.54) is 22.3 Å². The maximum Gasteiger partial charge on any atom is 0.156 e. The summed E-state index contributed by atoms with van der Waals surface area (Å²) in [6, 6.07) is 17.0. The molecule has 5 atom stereocenters. The molecule has 0 spiro atoms. The lowest BCUT2D eigenvalue weighted by Gasteiger charge is -2.53. The lowest BCUT2D eigenvalue weighted by Crippen LogP contribution is -2.53. The average Bonchev–Trinajstić information content (AvgIpc) is 3.17. The third-order valence-electron chi connectivity index (χ3n) is 9.61. The molecule has 38 heavy (non-hydrogen) atoms. The average molecular weight is 508 g/mol. The molecule has 4 aliphatic rings. The first kappa shape index (κ1) is 25.2. The number of carbonyl (C=O) groups is 1. The van der Waals surface area contributed by atoms with E-state index in [-0.39, 0.29) is 23.7 Å². The van der Waals surface area contributed by atoms with Crippen LogP contribution in [-0.4, -0.2) is 43.3 Å². The number of nitrogens with zero attached hydrogens (tertiary/aromatic N) is 1. The van der Waals surface area contributed by atoms with Crippen molar-refractivity contribution < 1.29 is 14.6 Å². The van der Waals surface area contributed by atoms with Gasteiger partial charge in [0.2, 0.25) is 0 Å². The SMILES string of the molecule is Cc1cccc(C#C[C@]2(O)CC[C@H]3[C@@H]4OCC5=CC(=O)CCC5=C4[C@@H](c4ccc(N(C)C)cc4)C[C@@]32C)c1. The van der Waals surface area contributed by atoms with Crippen LogP contribution in [0.3, 0.4) is 0 Å². The number of rotatable bonds is 2. The molecule has 4 nitrogen and oxygen atoms in total. The summed E-state index contributed by atoms with van der Waals surface area (Å²) in [5.74, 6) is 7.16. The summed E-state index contributed by atoms with van der Waals surface area (Å²) in [6.45, 7) is 4.77. The molecule has 196 valence electrons. The number of ketones is 1. The number of hydrogen-bond acceptors (Lipinski definition) is 4. The lowest BCUT2D eigenvalue weighted by atomic mass is 9.55. The molecule has 1 heterocycles. The van der Waals surface area contributed by atoms with E-state index in [0.29, 0.717) is 19.4 Å². The van der Waals surface area contributed by atoms with Gasteiger partial charge in [0, 0.05) is 43.1 Å². The van der Waals surface area contributed by atoms with Crippen molar-refractivity contribution in [1.82, 2.24) is 0 Å². The van der Waals surface area contributed by atoms with Crippen molar-refractivity contribution in [3.8, 4) is 11.8 Å². The summed E-state index contributed by atoms with van der Waals surface area (Å²) in [4.78, 5) is 14.4. The van der Waals surface area contributed by atoms with Gasteiger partial charge >= 0.3 is 0 Å². The molecule has 6 rings (SSSR count). The van der Waals surface area contributed by atoms with Crippen LogP contribution in [0.25, 0.3) is 0 Å². The molecule has 0 amide bonds. The molecule has 4 heteroatoms. The summed E-state index contributed by atoms with van der Waals surface area (Å²) in [6.07, 6.45) is 5.41. The summed E-state index contributed by atoms with van der Waals surface area (Å²) >= 11 is 0. The molecule has 2 aromatic rings. The Kier molecular flexibility index (Phi) is 6.13. The highest BCUT2D eigenvalue weighted by atomic mass is 16.5. The van der Waals surface area contributed by atoms with Gasteiger partial charge in [-0.3, -0.25) is 4.79 Å². The van der Waals surface area contributed by atoms with Crippen molar-refractivity contribution in [1.29, 1.82) is 0 Å². The summed E-state index contributed by atoms with van der Waals surface area (Å²) in [5.41, 5.74) is 6.71. The Morgan fingerprint density at radius 1 is 1.11 bits per heavy atom. The van der Waals surface area contributed by atoms with Crippen LogP contribution in [0.15, 0.2) is 71.3 Å². The number of benzene rings is 2. The van der Waals surface area contributed by atoms with Gasteiger partial charge in [0.25, 0.3) is 0 Å². The number of aliphatic hydroxyl groups is 1. The van der Waals surface area contributed by atoms with Crippen molar-refractivity contribution in [2.75, 3.05) is 25.6 Å². The zero-order valence-corrected chi connectivity index (χ0v) is 22.9. The Labute approximate surface area is 226 Å².